The molecule has 0 fully saturated rings. The van der Waals surface area contributed by atoms with E-state index < -0.39 is 5.24 Å². The first-order valence-corrected chi connectivity index (χ1v) is 3.32. The summed E-state index contributed by atoms with van der Waals surface area (Å²) in [5.74, 6) is 0.490. The van der Waals surface area contributed by atoms with Crippen LogP contribution in [0.1, 0.15) is 0 Å². The second kappa shape index (κ2) is 3.78. The predicted octanol–water partition coefficient (Wildman–Crippen LogP) is 1.84. The molecule has 3 nitrogen and oxygen atoms in total. The molecular weight excluding hydrogens is 164 g/mol. The average molecular weight is 170 g/mol. The lowest BCUT2D eigenvalue weighted by atomic mass is 10.3. The molecule has 58 valence electrons. The standard InChI is InChI=1S/C7H6O3S/c8-7(11)10-9-6-4-2-1-3-5-6/h1-5H,(H,8,11). The van der Waals surface area contributed by atoms with Crippen LogP contribution in [0.4, 0.5) is 0 Å². The van der Waals surface area contributed by atoms with Gasteiger partial charge in [0.05, 0.1) is 0 Å². The Balaban J connectivity index is 2.45. The van der Waals surface area contributed by atoms with Gasteiger partial charge in [-0.05, 0) is 12.1 Å². The monoisotopic (exact) mass is 170 g/mol. The van der Waals surface area contributed by atoms with Gasteiger partial charge in [-0.2, -0.15) is 0 Å². The zero-order chi connectivity index (χ0) is 8.10. The normalized spacial score (nSPS) is 8.73. The number of hydrogen-bond donors (Lipinski definition) is 1. The topological polar surface area (TPSA) is 38.7 Å². The molecule has 11 heavy (non-hydrogen) atoms. The second-order valence-corrected chi connectivity index (χ2v) is 2.09. The van der Waals surface area contributed by atoms with E-state index in [1.807, 2.05) is 6.07 Å². The van der Waals surface area contributed by atoms with E-state index >= 15 is 0 Å². The SMILES string of the molecule is OC(=S)OOc1ccccc1. The van der Waals surface area contributed by atoms with Crippen molar-refractivity contribution in [3.63, 3.8) is 0 Å². The first-order chi connectivity index (χ1) is 5.29. The maximum absolute atomic E-state index is 8.40. The molecule has 0 saturated carbocycles. The van der Waals surface area contributed by atoms with Crippen molar-refractivity contribution in [3.8, 4) is 5.75 Å². The summed E-state index contributed by atoms with van der Waals surface area (Å²) in [5.41, 5.74) is 0. The molecule has 1 aromatic carbocycles. The summed E-state index contributed by atoms with van der Waals surface area (Å²) >= 11 is 4.20. The van der Waals surface area contributed by atoms with Crippen molar-refractivity contribution in [1.29, 1.82) is 0 Å². The quantitative estimate of drug-likeness (QED) is 0.417. The molecule has 1 aromatic rings. The summed E-state index contributed by atoms with van der Waals surface area (Å²) in [6, 6.07) is 8.75. The average Bonchev–Trinajstić information content (AvgIpc) is 2.03. The molecule has 0 amide bonds. The van der Waals surface area contributed by atoms with Gasteiger partial charge in [0, 0.05) is 12.2 Å². The van der Waals surface area contributed by atoms with Crippen molar-refractivity contribution < 1.29 is 14.9 Å². The van der Waals surface area contributed by atoms with Crippen LogP contribution in [0.5, 0.6) is 5.75 Å². The van der Waals surface area contributed by atoms with E-state index in [0.717, 1.165) is 0 Å². The van der Waals surface area contributed by atoms with E-state index in [4.69, 9.17) is 5.11 Å². The first kappa shape index (κ1) is 7.81. The minimum Gasteiger partial charge on any atom is -0.470 e. The highest BCUT2D eigenvalue weighted by Gasteiger charge is 1.94. The van der Waals surface area contributed by atoms with Gasteiger partial charge in [0.1, 0.15) is 0 Å². The van der Waals surface area contributed by atoms with Crippen LogP contribution in [0, 0.1) is 0 Å². The molecule has 0 unspecified atom stereocenters. The van der Waals surface area contributed by atoms with Crippen molar-refractivity contribution in [2.75, 3.05) is 0 Å². The Morgan fingerprint density at radius 1 is 1.27 bits per heavy atom. The lowest BCUT2D eigenvalue weighted by molar-refractivity contribution is -0.131. The summed E-state index contributed by atoms with van der Waals surface area (Å²) in [6.45, 7) is 0. The number of aliphatic hydroxyl groups is 1. The number of benzene rings is 1. The van der Waals surface area contributed by atoms with Crippen LogP contribution >= 0.6 is 12.2 Å². The van der Waals surface area contributed by atoms with Gasteiger partial charge in [-0.1, -0.05) is 18.2 Å². The Bertz CT molecular complexity index is 235. The fraction of sp³-hybridized carbons (Fsp3) is 0. The van der Waals surface area contributed by atoms with Crippen LogP contribution < -0.4 is 4.89 Å². The van der Waals surface area contributed by atoms with Gasteiger partial charge in [-0.25, -0.2) is 4.89 Å². The fourth-order valence-electron chi connectivity index (χ4n) is 0.560. The van der Waals surface area contributed by atoms with E-state index in [1.54, 1.807) is 24.3 Å². The fourth-order valence-corrected chi connectivity index (χ4v) is 0.594. The van der Waals surface area contributed by atoms with Crippen LogP contribution in [-0.4, -0.2) is 10.3 Å². The maximum Gasteiger partial charge on any atom is 0.397 e. The van der Waals surface area contributed by atoms with E-state index in [-0.39, 0.29) is 0 Å². The molecule has 0 heterocycles. The molecule has 0 aromatic heterocycles. The van der Waals surface area contributed by atoms with Crippen molar-refractivity contribution in [1.82, 2.24) is 0 Å². The third-order valence-corrected chi connectivity index (χ3v) is 1.02. The Kier molecular flexibility index (Phi) is 2.68. The number of thiocarbonyl (C=S) groups is 1. The van der Waals surface area contributed by atoms with Gasteiger partial charge in [0.25, 0.3) is 0 Å². The largest absolute Gasteiger partial charge is 0.470 e. The summed E-state index contributed by atoms with van der Waals surface area (Å²) in [6.07, 6.45) is 0. The number of rotatable bonds is 2. The zero-order valence-electron chi connectivity index (χ0n) is 5.56. The molecule has 0 bridgehead atoms. The molecule has 0 aliphatic carbocycles. The van der Waals surface area contributed by atoms with Gasteiger partial charge in [0.2, 0.25) is 0 Å². The van der Waals surface area contributed by atoms with Crippen molar-refractivity contribution in [2.24, 2.45) is 0 Å². The second-order valence-electron chi connectivity index (χ2n) is 1.75. The number of aliphatic hydroxyl groups excluding tert-OH is 1. The minimum absolute atomic E-state index is 0.490. The number of para-hydroxylation sites is 1. The molecule has 0 aliphatic heterocycles. The third-order valence-electron chi connectivity index (χ3n) is 0.952. The smallest absolute Gasteiger partial charge is 0.397 e. The van der Waals surface area contributed by atoms with Gasteiger partial charge in [-0.15, -0.1) is 0 Å². The molecule has 1 N–H and O–H groups in total. The lowest BCUT2D eigenvalue weighted by Crippen LogP contribution is -2.03. The van der Waals surface area contributed by atoms with Crippen LogP contribution in [0.15, 0.2) is 30.3 Å². The predicted molar refractivity (Wildman–Crippen MR) is 43.4 cm³/mol. The molecule has 0 atom stereocenters. The van der Waals surface area contributed by atoms with Crippen LogP contribution in [0.3, 0.4) is 0 Å². The van der Waals surface area contributed by atoms with Crippen molar-refractivity contribution in [3.05, 3.63) is 30.3 Å². The first-order valence-electron chi connectivity index (χ1n) is 2.91. The van der Waals surface area contributed by atoms with Crippen molar-refractivity contribution in [2.45, 2.75) is 0 Å². The molecule has 0 saturated heterocycles. The van der Waals surface area contributed by atoms with Gasteiger partial charge in [-0.3, -0.25) is 4.89 Å². The Hall–Kier alpha value is -1.29. The molecule has 0 spiro atoms. The Morgan fingerprint density at radius 2 is 1.91 bits per heavy atom. The molecule has 4 heteroatoms. The van der Waals surface area contributed by atoms with Crippen LogP contribution in [0.25, 0.3) is 0 Å². The highest BCUT2D eigenvalue weighted by molar-refractivity contribution is 7.79. The highest BCUT2D eigenvalue weighted by atomic mass is 32.1. The van der Waals surface area contributed by atoms with E-state index in [2.05, 4.69) is 22.0 Å². The molecular formula is C7H6O3S. The summed E-state index contributed by atoms with van der Waals surface area (Å²) < 4.78 is 0. The maximum atomic E-state index is 8.40. The lowest BCUT2D eigenvalue weighted by Gasteiger charge is -2.00. The molecule has 0 radical (unpaired) electrons. The summed E-state index contributed by atoms with van der Waals surface area (Å²) in [7, 11) is 0. The highest BCUT2D eigenvalue weighted by Crippen LogP contribution is 2.08. The Morgan fingerprint density at radius 3 is 2.45 bits per heavy atom. The van der Waals surface area contributed by atoms with E-state index in [9.17, 15) is 0 Å². The van der Waals surface area contributed by atoms with Gasteiger partial charge < -0.3 is 5.11 Å². The zero-order valence-corrected chi connectivity index (χ0v) is 6.38. The van der Waals surface area contributed by atoms with Gasteiger partial charge >= 0.3 is 5.24 Å². The summed E-state index contributed by atoms with van der Waals surface area (Å²) in [4.78, 5) is 8.79. The van der Waals surface area contributed by atoms with Crippen LogP contribution in [0.2, 0.25) is 0 Å². The van der Waals surface area contributed by atoms with E-state index in [0.29, 0.717) is 5.75 Å². The third kappa shape index (κ3) is 2.86. The Labute approximate surface area is 69.1 Å². The minimum atomic E-state index is -0.631. The number of hydrogen-bond acceptors (Lipinski definition) is 3. The van der Waals surface area contributed by atoms with E-state index in [1.165, 1.54) is 0 Å². The summed E-state index contributed by atoms with van der Waals surface area (Å²) in [5, 5.41) is 7.77. The van der Waals surface area contributed by atoms with Crippen molar-refractivity contribution >= 4 is 17.5 Å². The molecule has 0 aliphatic rings. The van der Waals surface area contributed by atoms with Gasteiger partial charge in [0.15, 0.2) is 5.75 Å². The van der Waals surface area contributed by atoms with Crippen LogP contribution in [-0.2, 0) is 4.89 Å². The molecule has 1 rings (SSSR count).